The summed E-state index contributed by atoms with van der Waals surface area (Å²) in [5, 5.41) is 12.0. The number of hydrogen-bond donors (Lipinski definition) is 2. The number of nitrogens with zero attached hydrogens (tertiary/aromatic N) is 3. The van der Waals surface area contributed by atoms with Crippen molar-refractivity contribution in [3.8, 4) is 0 Å². The van der Waals surface area contributed by atoms with Crippen LogP contribution in [-0.4, -0.2) is 61.2 Å². The Labute approximate surface area is 277 Å². The van der Waals surface area contributed by atoms with Gasteiger partial charge in [0.25, 0.3) is 11.5 Å². The van der Waals surface area contributed by atoms with Crippen molar-refractivity contribution in [3.05, 3.63) is 81.4 Å². The van der Waals surface area contributed by atoms with Crippen molar-refractivity contribution in [1.29, 1.82) is 0 Å². The van der Waals surface area contributed by atoms with E-state index in [1.165, 1.54) is 9.80 Å². The lowest BCUT2D eigenvalue weighted by atomic mass is 10.0. The van der Waals surface area contributed by atoms with Gasteiger partial charge in [0.2, 0.25) is 0 Å². The maximum absolute atomic E-state index is 13.6. The van der Waals surface area contributed by atoms with Gasteiger partial charge in [-0.1, -0.05) is 18.2 Å². The molecule has 1 aliphatic rings. The zero-order valence-corrected chi connectivity index (χ0v) is 28.2. The second-order valence-corrected chi connectivity index (χ2v) is 14.0. The number of carboxylic acids is 1. The molecule has 12 heteroatoms. The highest BCUT2D eigenvalue weighted by atomic mass is 16.6. The standard InChI is InChI=1S/C36H40N4O8/c1-20-37-27-13-10-22-9-8-21(16-26(22)30(27)31(42)38-20)18-39(34(46)48-36(5,6)7)24-11-12-25-23(17-24)19-40(32(25)43)28(33(44)45)14-15-29(41)47-35(2,3)4/h8-13,16-17,28H,14-15,18-19H2,1-7H3,(H,44,45)(H,37,38,42). The van der Waals surface area contributed by atoms with E-state index in [0.717, 1.165) is 5.39 Å². The zero-order valence-electron chi connectivity index (χ0n) is 28.2. The first-order valence-electron chi connectivity index (χ1n) is 15.7. The molecular weight excluding hydrogens is 616 g/mol. The maximum atomic E-state index is 13.6. The van der Waals surface area contributed by atoms with E-state index < -0.39 is 41.2 Å². The molecule has 3 aromatic carbocycles. The van der Waals surface area contributed by atoms with Crippen molar-refractivity contribution in [2.45, 2.75) is 91.6 Å². The molecule has 2 amide bonds. The largest absolute Gasteiger partial charge is 0.480 e. The van der Waals surface area contributed by atoms with Crippen LogP contribution in [0.4, 0.5) is 10.5 Å². The van der Waals surface area contributed by atoms with Crippen molar-refractivity contribution < 1.29 is 33.8 Å². The number of aliphatic carboxylic acids is 1. The molecule has 48 heavy (non-hydrogen) atoms. The summed E-state index contributed by atoms with van der Waals surface area (Å²) < 4.78 is 11.1. The summed E-state index contributed by atoms with van der Waals surface area (Å²) in [6, 6.07) is 12.9. The monoisotopic (exact) mass is 656 g/mol. The number of carbonyl (C=O) groups is 4. The summed E-state index contributed by atoms with van der Waals surface area (Å²) in [5.74, 6) is -1.76. The summed E-state index contributed by atoms with van der Waals surface area (Å²) in [6.45, 7) is 12.2. The number of benzene rings is 3. The molecule has 4 aromatic rings. The van der Waals surface area contributed by atoms with Crippen LogP contribution < -0.4 is 10.5 Å². The maximum Gasteiger partial charge on any atom is 0.415 e. The fourth-order valence-electron chi connectivity index (χ4n) is 5.79. The van der Waals surface area contributed by atoms with Crippen molar-refractivity contribution >= 4 is 51.3 Å². The minimum absolute atomic E-state index is 0.0212. The molecule has 12 nitrogen and oxygen atoms in total. The lowest BCUT2D eigenvalue weighted by Crippen LogP contribution is -2.42. The first-order valence-corrected chi connectivity index (χ1v) is 15.7. The van der Waals surface area contributed by atoms with Gasteiger partial charge in [-0.25, -0.2) is 14.6 Å². The fourth-order valence-corrected chi connectivity index (χ4v) is 5.79. The Bertz CT molecular complexity index is 2000. The Kier molecular flexibility index (Phi) is 9.05. The van der Waals surface area contributed by atoms with Gasteiger partial charge in [0.1, 0.15) is 23.1 Å². The molecule has 0 saturated carbocycles. The van der Waals surface area contributed by atoms with Crippen LogP contribution in [0.5, 0.6) is 0 Å². The molecule has 1 unspecified atom stereocenters. The number of ether oxygens (including phenoxy) is 2. The molecule has 0 saturated heterocycles. The topological polar surface area (TPSA) is 159 Å². The lowest BCUT2D eigenvalue weighted by Gasteiger charge is -2.28. The molecule has 2 heterocycles. The first-order chi connectivity index (χ1) is 22.4. The van der Waals surface area contributed by atoms with Crippen molar-refractivity contribution in [3.63, 3.8) is 0 Å². The van der Waals surface area contributed by atoms with E-state index in [0.29, 0.717) is 44.5 Å². The van der Waals surface area contributed by atoms with Gasteiger partial charge in [0.15, 0.2) is 0 Å². The number of aromatic amines is 1. The molecule has 0 bridgehead atoms. The number of aryl methyl sites for hydroxylation is 1. The Morgan fingerprint density at radius 2 is 1.67 bits per heavy atom. The van der Waals surface area contributed by atoms with Crippen molar-refractivity contribution in [2.75, 3.05) is 4.90 Å². The second-order valence-electron chi connectivity index (χ2n) is 14.0. The Balaban J connectivity index is 1.46. The summed E-state index contributed by atoms with van der Waals surface area (Å²) >= 11 is 0. The number of nitrogens with one attached hydrogen (secondary N) is 1. The third-order valence-electron chi connectivity index (χ3n) is 7.76. The van der Waals surface area contributed by atoms with Gasteiger partial charge < -0.3 is 24.5 Å². The number of esters is 1. The van der Waals surface area contributed by atoms with Crippen LogP contribution in [0.15, 0.2) is 53.3 Å². The lowest BCUT2D eigenvalue weighted by molar-refractivity contribution is -0.155. The third kappa shape index (κ3) is 7.48. The van der Waals surface area contributed by atoms with Crippen LogP contribution in [0.2, 0.25) is 0 Å². The third-order valence-corrected chi connectivity index (χ3v) is 7.76. The molecule has 0 radical (unpaired) electrons. The number of rotatable bonds is 8. The number of H-pyrrole nitrogens is 1. The second kappa shape index (κ2) is 12.7. The number of amides is 2. The van der Waals surface area contributed by atoms with Gasteiger partial charge in [0.05, 0.1) is 17.4 Å². The van der Waals surface area contributed by atoms with Gasteiger partial charge in [-0.2, -0.15) is 0 Å². The number of aromatic nitrogens is 2. The number of carbonyl (C=O) groups excluding carboxylic acids is 3. The van der Waals surface area contributed by atoms with Crippen molar-refractivity contribution in [2.24, 2.45) is 0 Å². The van der Waals surface area contributed by atoms with E-state index in [4.69, 9.17) is 9.47 Å². The number of carboxylic acid groups (broad SMARTS) is 1. The van der Waals surface area contributed by atoms with E-state index in [-0.39, 0.29) is 31.5 Å². The van der Waals surface area contributed by atoms with E-state index >= 15 is 0 Å². The van der Waals surface area contributed by atoms with Crippen LogP contribution in [0.3, 0.4) is 0 Å². The molecule has 1 aliphatic heterocycles. The van der Waals surface area contributed by atoms with Crippen LogP contribution in [0.1, 0.15) is 81.7 Å². The number of fused-ring (bicyclic) bond motifs is 4. The highest BCUT2D eigenvalue weighted by Gasteiger charge is 2.37. The van der Waals surface area contributed by atoms with Crippen molar-refractivity contribution in [1.82, 2.24) is 14.9 Å². The van der Waals surface area contributed by atoms with Gasteiger partial charge in [-0.05, 0) is 107 Å². The van der Waals surface area contributed by atoms with Crippen LogP contribution in [0, 0.1) is 6.92 Å². The minimum atomic E-state index is -1.25. The summed E-state index contributed by atoms with van der Waals surface area (Å²) in [6.07, 6.45) is -0.915. The van der Waals surface area contributed by atoms with Crippen LogP contribution >= 0.6 is 0 Å². The SMILES string of the molecule is Cc1nc2ccc3ccc(CN(C(=O)OC(C)(C)C)c4ccc5c(c4)CN(C(CCC(=O)OC(C)(C)C)C(=O)O)C5=O)cc3c2c(=O)[nH]1. The molecule has 252 valence electrons. The quantitative estimate of drug-likeness (QED) is 0.175. The number of anilines is 1. The smallest absolute Gasteiger partial charge is 0.415 e. The van der Waals surface area contributed by atoms with Crippen LogP contribution in [0.25, 0.3) is 21.7 Å². The predicted molar refractivity (Wildman–Crippen MR) is 180 cm³/mol. The fraction of sp³-hybridized carbons (Fsp3) is 0.389. The molecule has 2 N–H and O–H groups in total. The minimum Gasteiger partial charge on any atom is -0.480 e. The number of hydrogen-bond acceptors (Lipinski definition) is 8. The Hall–Kier alpha value is -5.26. The van der Waals surface area contributed by atoms with Gasteiger partial charge >= 0.3 is 18.0 Å². The van der Waals surface area contributed by atoms with Crippen LogP contribution in [-0.2, 0) is 32.2 Å². The molecule has 0 fully saturated rings. The normalized spacial score (nSPS) is 13.8. The average molecular weight is 657 g/mol. The molecule has 5 rings (SSSR count). The zero-order chi connectivity index (χ0) is 35.1. The van der Waals surface area contributed by atoms with E-state index in [2.05, 4.69) is 9.97 Å². The molecule has 1 atom stereocenters. The molecule has 1 aromatic heterocycles. The summed E-state index contributed by atoms with van der Waals surface area (Å²) in [5.41, 5.74) is 0.765. The average Bonchev–Trinajstić information content (AvgIpc) is 3.28. The van der Waals surface area contributed by atoms with Gasteiger partial charge in [-0.3, -0.25) is 19.3 Å². The summed E-state index contributed by atoms with van der Waals surface area (Å²) in [7, 11) is 0. The Morgan fingerprint density at radius 1 is 0.979 bits per heavy atom. The van der Waals surface area contributed by atoms with E-state index in [1.807, 2.05) is 24.3 Å². The van der Waals surface area contributed by atoms with Gasteiger partial charge in [-0.15, -0.1) is 0 Å². The molecule has 0 aliphatic carbocycles. The highest BCUT2D eigenvalue weighted by Crippen LogP contribution is 2.32. The molecule has 0 spiro atoms. The van der Waals surface area contributed by atoms with Gasteiger partial charge in [0, 0.05) is 24.2 Å². The molecular formula is C36H40N4O8. The predicted octanol–water partition coefficient (Wildman–Crippen LogP) is 5.86. The first kappa shape index (κ1) is 34.1. The highest BCUT2D eigenvalue weighted by molar-refractivity contribution is 6.06. The summed E-state index contributed by atoms with van der Waals surface area (Å²) in [4.78, 5) is 74.4. The van der Waals surface area contributed by atoms with E-state index in [1.54, 1.807) is 72.7 Å². The Morgan fingerprint density at radius 3 is 2.33 bits per heavy atom. The van der Waals surface area contributed by atoms with E-state index in [9.17, 15) is 29.1 Å².